The molecule has 0 atom stereocenters. The predicted octanol–water partition coefficient (Wildman–Crippen LogP) is 3.02. The number of phenols is 3. The molecular formula is C19H12O7. The summed E-state index contributed by atoms with van der Waals surface area (Å²) in [6, 6.07) is 7.93. The number of fused-ring (bicyclic) bond motifs is 4. The minimum atomic E-state index is -0.609. The fourth-order valence-corrected chi connectivity index (χ4v) is 3.51. The van der Waals surface area contributed by atoms with Gasteiger partial charge in [0.15, 0.2) is 28.7 Å². The van der Waals surface area contributed by atoms with Gasteiger partial charge in [0, 0.05) is 16.5 Å². The Kier molecular flexibility index (Phi) is 2.80. The van der Waals surface area contributed by atoms with Crippen molar-refractivity contribution in [2.75, 3.05) is 6.79 Å². The van der Waals surface area contributed by atoms with Crippen molar-refractivity contribution in [3.63, 3.8) is 0 Å². The van der Waals surface area contributed by atoms with E-state index in [0.29, 0.717) is 39.1 Å². The van der Waals surface area contributed by atoms with E-state index in [1.807, 2.05) is 0 Å². The molecule has 0 aliphatic carbocycles. The predicted molar refractivity (Wildman–Crippen MR) is 89.6 cm³/mol. The van der Waals surface area contributed by atoms with Gasteiger partial charge in [0.2, 0.25) is 6.79 Å². The number of carbonyl (C=O) groups is 1. The van der Waals surface area contributed by atoms with E-state index in [1.54, 1.807) is 18.2 Å². The zero-order valence-electron chi connectivity index (χ0n) is 13.3. The number of hydrogen-bond acceptors (Lipinski definition) is 7. The third kappa shape index (κ3) is 1.85. The van der Waals surface area contributed by atoms with E-state index >= 15 is 0 Å². The highest BCUT2D eigenvalue weighted by Gasteiger charge is 2.30. The lowest BCUT2D eigenvalue weighted by Crippen LogP contribution is -1.97. The number of aromatic hydroxyl groups is 3. The summed E-state index contributed by atoms with van der Waals surface area (Å²) < 4.78 is 16.2. The van der Waals surface area contributed by atoms with Gasteiger partial charge in [-0.15, -0.1) is 0 Å². The molecule has 0 bridgehead atoms. The van der Waals surface area contributed by atoms with Gasteiger partial charge in [0.25, 0.3) is 0 Å². The van der Waals surface area contributed by atoms with Gasteiger partial charge in [-0.3, -0.25) is 0 Å². The Hall–Kier alpha value is -3.61. The van der Waals surface area contributed by atoms with Crippen LogP contribution < -0.4 is 9.47 Å². The number of benzene rings is 3. The van der Waals surface area contributed by atoms with Crippen LogP contribution in [0.15, 0.2) is 30.3 Å². The largest absolute Gasteiger partial charge is 0.504 e. The average Bonchev–Trinajstić information content (AvgIpc) is 3.24. The number of carbonyl (C=O) groups excluding carboxylic acids is 1. The van der Waals surface area contributed by atoms with Gasteiger partial charge in [-0.1, -0.05) is 6.07 Å². The molecule has 0 unspecified atom stereocenters. The average molecular weight is 352 g/mol. The monoisotopic (exact) mass is 352 g/mol. The lowest BCUT2D eigenvalue weighted by molar-refractivity contribution is 0.0535. The second-order valence-electron chi connectivity index (χ2n) is 6.11. The molecule has 3 N–H and O–H groups in total. The van der Waals surface area contributed by atoms with Gasteiger partial charge in [0.1, 0.15) is 6.61 Å². The zero-order chi connectivity index (χ0) is 18.0. The molecule has 2 aliphatic rings. The molecule has 7 heteroatoms. The van der Waals surface area contributed by atoms with Crippen molar-refractivity contribution in [3.05, 3.63) is 41.5 Å². The third-order valence-corrected chi connectivity index (χ3v) is 4.67. The summed E-state index contributed by atoms with van der Waals surface area (Å²) in [5.74, 6) is -0.903. The van der Waals surface area contributed by atoms with Gasteiger partial charge >= 0.3 is 5.97 Å². The molecule has 130 valence electrons. The molecule has 2 heterocycles. The summed E-state index contributed by atoms with van der Waals surface area (Å²) in [6.07, 6.45) is 0. The summed E-state index contributed by atoms with van der Waals surface area (Å²) >= 11 is 0. The van der Waals surface area contributed by atoms with Crippen molar-refractivity contribution in [3.8, 4) is 39.9 Å². The minimum Gasteiger partial charge on any atom is -0.504 e. The number of rotatable bonds is 1. The number of ether oxygens (including phenoxy) is 3. The first-order valence-corrected chi connectivity index (χ1v) is 7.85. The lowest BCUT2D eigenvalue weighted by atomic mass is 9.89. The standard InChI is InChI=1S/C19H12O7/c20-12-4-9(5-13(21)17(12)22)15-11-6-24-19(23)10(11)3-8-1-2-14-18(16(8)15)26-7-25-14/h1-5,20-22H,6-7H2. The van der Waals surface area contributed by atoms with E-state index in [1.165, 1.54) is 12.1 Å². The molecule has 2 aliphatic heterocycles. The van der Waals surface area contributed by atoms with Crippen LogP contribution in [0.1, 0.15) is 15.9 Å². The molecule has 3 aromatic rings. The van der Waals surface area contributed by atoms with Crippen LogP contribution in [0.3, 0.4) is 0 Å². The normalized spacial score (nSPS) is 14.5. The molecule has 0 fully saturated rings. The van der Waals surface area contributed by atoms with Gasteiger partial charge in [-0.25, -0.2) is 4.79 Å². The Morgan fingerprint density at radius 3 is 2.46 bits per heavy atom. The van der Waals surface area contributed by atoms with Gasteiger partial charge < -0.3 is 29.5 Å². The fraction of sp³-hybridized carbons (Fsp3) is 0.105. The van der Waals surface area contributed by atoms with Crippen molar-refractivity contribution < 1.29 is 34.3 Å². The molecule has 26 heavy (non-hydrogen) atoms. The SMILES string of the molecule is O=C1OCc2c1cc1ccc3c(c1c2-c1cc(O)c(O)c(O)c1)OCO3. The Balaban J connectivity index is 1.95. The number of esters is 1. The summed E-state index contributed by atoms with van der Waals surface area (Å²) in [5, 5.41) is 31.0. The van der Waals surface area contributed by atoms with Crippen molar-refractivity contribution in [2.45, 2.75) is 6.61 Å². The topological polar surface area (TPSA) is 105 Å². The molecule has 5 rings (SSSR count). The molecule has 0 saturated heterocycles. The number of hydrogen-bond donors (Lipinski definition) is 3. The maximum atomic E-state index is 12.1. The summed E-state index contributed by atoms with van der Waals surface area (Å²) in [5.41, 5.74) is 2.03. The van der Waals surface area contributed by atoms with E-state index in [-0.39, 0.29) is 13.4 Å². The fourth-order valence-electron chi connectivity index (χ4n) is 3.51. The van der Waals surface area contributed by atoms with Crippen LogP contribution in [-0.2, 0) is 11.3 Å². The van der Waals surface area contributed by atoms with E-state index < -0.39 is 23.2 Å². The first-order valence-electron chi connectivity index (χ1n) is 7.85. The number of cyclic esters (lactones) is 1. The molecular weight excluding hydrogens is 340 g/mol. The highest BCUT2D eigenvalue weighted by molar-refractivity contribution is 6.10. The van der Waals surface area contributed by atoms with Crippen LogP contribution in [0.4, 0.5) is 0 Å². The highest BCUT2D eigenvalue weighted by atomic mass is 16.7. The van der Waals surface area contributed by atoms with Gasteiger partial charge in [-0.2, -0.15) is 0 Å². The van der Waals surface area contributed by atoms with Crippen molar-refractivity contribution >= 4 is 16.7 Å². The number of phenolic OH excluding ortho intramolecular Hbond substituents is 3. The van der Waals surface area contributed by atoms with Crippen LogP contribution in [-0.4, -0.2) is 28.1 Å². The van der Waals surface area contributed by atoms with Crippen LogP contribution in [0.2, 0.25) is 0 Å². The zero-order valence-corrected chi connectivity index (χ0v) is 13.3. The van der Waals surface area contributed by atoms with Gasteiger partial charge in [-0.05, 0) is 35.2 Å². The van der Waals surface area contributed by atoms with Crippen LogP contribution in [0, 0.1) is 0 Å². The second kappa shape index (κ2) is 4.95. The quantitative estimate of drug-likeness (QED) is 0.457. The summed E-state index contributed by atoms with van der Waals surface area (Å²) in [7, 11) is 0. The summed E-state index contributed by atoms with van der Waals surface area (Å²) in [4.78, 5) is 12.1. The highest BCUT2D eigenvalue weighted by Crippen LogP contribution is 2.49. The Labute approximate surface area is 146 Å². The van der Waals surface area contributed by atoms with Crippen molar-refractivity contribution in [2.24, 2.45) is 0 Å². The van der Waals surface area contributed by atoms with Crippen LogP contribution >= 0.6 is 0 Å². The summed E-state index contributed by atoms with van der Waals surface area (Å²) in [6.45, 7) is 0.138. The third-order valence-electron chi connectivity index (χ3n) is 4.67. The maximum Gasteiger partial charge on any atom is 0.338 e. The smallest absolute Gasteiger partial charge is 0.338 e. The van der Waals surface area contributed by atoms with Crippen molar-refractivity contribution in [1.29, 1.82) is 0 Å². The molecule has 0 aromatic heterocycles. The van der Waals surface area contributed by atoms with Gasteiger partial charge in [0.05, 0.1) is 5.56 Å². The molecule has 0 spiro atoms. The molecule has 3 aromatic carbocycles. The van der Waals surface area contributed by atoms with E-state index in [0.717, 1.165) is 5.39 Å². The molecule has 0 saturated carbocycles. The molecule has 7 nitrogen and oxygen atoms in total. The van der Waals surface area contributed by atoms with E-state index in [9.17, 15) is 20.1 Å². The minimum absolute atomic E-state index is 0.0619. The second-order valence-corrected chi connectivity index (χ2v) is 6.11. The Bertz CT molecular complexity index is 1090. The first-order chi connectivity index (χ1) is 12.5. The Morgan fingerprint density at radius 1 is 0.923 bits per heavy atom. The van der Waals surface area contributed by atoms with Crippen LogP contribution in [0.5, 0.6) is 28.7 Å². The first kappa shape index (κ1) is 14.7. The van der Waals surface area contributed by atoms with E-state index in [4.69, 9.17) is 14.2 Å². The Morgan fingerprint density at radius 2 is 1.69 bits per heavy atom. The molecule has 0 amide bonds. The van der Waals surface area contributed by atoms with E-state index in [2.05, 4.69) is 0 Å². The van der Waals surface area contributed by atoms with Crippen LogP contribution in [0.25, 0.3) is 21.9 Å². The van der Waals surface area contributed by atoms with Crippen molar-refractivity contribution in [1.82, 2.24) is 0 Å². The molecule has 0 radical (unpaired) electrons. The lowest BCUT2D eigenvalue weighted by Gasteiger charge is -2.14. The maximum absolute atomic E-state index is 12.1.